The van der Waals surface area contributed by atoms with E-state index >= 15 is 0 Å². The normalized spacial score (nSPS) is 15.6. The topological polar surface area (TPSA) is 76.9 Å². The highest BCUT2D eigenvalue weighted by Gasteiger charge is 2.27. The standard InChI is InChI=1S/C19H18N4O2S2/c1-11-7-18(25)23-13(9-27-19(23)20-11)8-17(24)22-15-6-4-3-5-14(15)16-10-26-12(2)21-16/h3-7,10,13H,8-9H2,1-2H3,(H,22,24)/t13-/m1/s1. The summed E-state index contributed by atoms with van der Waals surface area (Å²) in [4.78, 5) is 33.9. The van der Waals surface area contributed by atoms with Crippen molar-refractivity contribution in [3.63, 3.8) is 0 Å². The zero-order chi connectivity index (χ0) is 19.0. The molecule has 1 aliphatic heterocycles. The quantitative estimate of drug-likeness (QED) is 0.679. The Balaban J connectivity index is 1.53. The Bertz CT molecular complexity index is 1070. The molecule has 6 nitrogen and oxygen atoms in total. The number of aryl methyl sites for hydroxylation is 2. The predicted octanol–water partition coefficient (Wildman–Crippen LogP) is 3.66. The first-order valence-electron chi connectivity index (χ1n) is 8.55. The average molecular weight is 399 g/mol. The van der Waals surface area contributed by atoms with E-state index in [1.54, 1.807) is 22.8 Å². The van der Waals surface area contributed by atoms with Gasteiger partial charge in [0.25, 0.3) is 5.56 Å². The van der Waals surface area contributed by atoms with Crippen LogP contribution in [0.4, 0.5) is 5.69 Å². The molecule has 8 heteroatoms. The summed E-state index contributed by atoms with van der Waals surface area (Å²) < 4.78 is 1.63. The maximum Gasteiger partial charge on any atom is 0.254 e. The molecule has 0 radical (unpaired) electrons. The van der Waals surface area contributed by atoms with E-state index in [0.717, 1.165) is 22.0 Å². The SMILES string of the molecule is Cc1cc(=O)n2c(n1)SC[C@H]2CC(=O)Nc1ccccc1-c1csc(C)n1. The maximum atomic E-state index is 12.7. The maximum absolute atomic E-state index is 12.7. The fourth-order valence-corrected chi connectivity index (χ4v) is 4.94. The Labute approximate surface area is 164 Å². The fraction of sp³-hybridized carbons (Fsp3) is 0.263. The van der Waals surface area contributed by atoms with Gasteiger partial charge in [0.2, 0.25) is 5.91 Å². The molecule has 1 aliphatic rings. The molecule has 3 aromatic rings. The first-order chi connectivity index (χ1) is 13.0. The van der Waals surface area contributed by atoms with Crippen LogP contribution in [0.5, 0.6) is 0 Å². The molecule has 1 amide bonds. The van der Waals surface area contributed by atoms with Gasteiger partial charge in [0, 0.05) is 34.9 Å². The lowest BCUT2D eigenvalue weighted by Gasteiger charge is -2.14. The highest BCUT2D eigenvalue weighted by atomic mass is 32.2. The van der Waals surface area contributed by atoms with Crippen molar-refractivity contribution in [2.45, 2.75) is 31.5 Å². The minimum Gasteiger partial charge on any atom is -0.325 e. The van der Waals surface area contributed by atoms with Crippen LogP contribution >= 0.6 is 23.1 Å². The minimum absolute atomic E-state index is 0.0985. The number of benzene rings is 1. The van der Waals surface area contributed by atoms with Gasteiger partial charge in [-0.2, -0.15) is 0 Å². The Kier molecular flexibility index (Phi) is 4.84. The van der Waals surface area contributed by atoms with Crippen molar-refractivity contribution in [3.8, 4) is 11.3 Å². The van der Waals surface area contributed by atoms with Gasteiger partial charge in [-0.1, -0.05) is 30.0 Å². The average Bonchev–Trinajstić information content (AvgIpc) is 3.22. The van der Waals surface area contributed by atoms with Crippen molar-refractivity contribution in [1.29, 1.82) is 0 Å². The summed E-state index contributed by atoms with van der Waals surface area (Å²) in [5.74, 6) is 0.548. The summed E-state index contributed by atoms with van der Waals surface area (Å²) >= 11 is 3.10. The lowest BCUT2D eigenvalue weighted by molar-refractivity contribution is -0.116. The number of nitrogens with zero attached hydrogens (tertiary/aromatic N) is 3. The largest absolute Gasteiger partial charge is 0.325 e. The second-order valence-electron chi connectivity index (χ2n) is 6.40. The molecule has 1 N–H and O–H groups in total. The van der Waals surface area contributed by atoms with E-state index in [-0.39, 0.29) is 23.9 Å². The third kappa shape index (κ3) is 3.68. The van der Waals surface area contributed by atoms with Crippen LogP contribution in [0.2, 0.25) is 0 Å². The van der Waals surface area contributed by atoms with E-state index in [9.17, 15) is 9.59 Å². The van der Waals surface area contributed by atoms with E-state index in [1.807, 2.05) is 36.6 Å². The van der Waals surface area contributed by atoms with Gasteiger partial charge in [0.05, 0.1) is 22.4 Å². The van der Waals surface area contributed by atoms with Crippen molar-refractivity contribution < 1.29 is 4.79 Å². The van der Waals surface area contributed by atoms with Crippen molar-refractivity contribution >= 4 is 34.7 Å². The first kappa shape index (κ1) is 17.9. The smallest absolute Gasteiger partial charge is 0.254 e. The highest BCUT2D eigenvalue weighted by Crippen LogP contribution is 2.33. The van der Waals surface area contributed by atoms with Crippen LogP contribution in [-0.4, -0.2) is 26.2 Å². The fourth-order valence-electron chi connectivity index (χ4n) is 3.13. The number of hydrogen-bond acceptors (Lipinski definition) is 6. The number of aromatic nitrogens is 3. The molecule has 2 aromatic heterocycles. The summed E-state index contributed by atoms with van der Waals surface area (Å²) in [6.45, 7) is 3.76. The van der Waals surface area contributed by atoms with Crippen molar-refractivity contribution in [1.82, 2.24) is 14.5 Å². The summed E-state index contributed by atoms with van der Waals surface area (Å²) in [5.41, 5.74) is 3.08. The number of anilines is 1. The Hall–Kier alpha value is -2.45. The minimum atomic E-state index is -0.181. The number of nitrogens with one attached hydrogen (secondary N) is 1. The van der Waals surface area contributed by atoms with Crippen LogP contribution in [0.1, 0.15) is 23.2 Å². The van der Waals surface area contributed by atoms with E-state index in [4.69, 9.17) is 0 Å². The predicted molar refractivity (Wildman–Crippen MR) is 109 cm³/mol. The molecule has 0 bridgehead atoms. The molecule has 0 fully saturated rings. The van der Waals surface area contributed by atoms with Gasteiger partial charge in [-0.15, -0.1) is 11.3 Å². The molecule has 1 aromatic carbocycles. The third-order valence-corrected chi connectivity index (χ3v) is 6.21. The molecule has 3 heterocycles. The van der Waals surface area contributed by atoms with Crippen molar-refractivity contribution in [3.05, 3.63) is 56.8 Å². The van der Waals surface area contributed by atoms with Crippen molar-refractivity contribution in [2.24, 2.45) is 0 Å². The molecular formula is C19H18N4O2S2. The lowest BCUT2D eigenvalue weighted by atomic mass is 10.1. The Morgan fingerprint density at radius 3 is 2.89 bits per heavy atom. The molecule has 138 valence electrons. The summed E-state index contributed by atoms with van der Waals surface area (Å²) in [6, 6.07) is 8.96. The number of thiazole rings is 1. The van der Waals surface area contributed by atoms with Gasteiger partial charge in [-0.3, -0.25) is 14.2 Å². The van der Waals surface area contributed by atoms with E-state index in [1.165, 1.54) is 17.8 Å². The second kappa shape index (κ2) is 7.28. The van der Waals surface area contributed by atoms with Crippen LogP contribution in [0, 0.1) is 13.8 Å². The molecular weight excluding hydrogens is 380 g/mol. The monoisotopic (exact) mass is 398 g/mol. The van der Waals surface area contributed by atoms with Gasteiger partial charge in [0.15, 0.2) is 5.16 Å². The van der Waals surface area contributed by atoms with Crippen LogP contribution < -0.4 is 10.9 Å². The van der Waals surface area contributed by atoms with Gasteiger partial charge in [-0.25, -0.2) is 9.97 Å². The van der Waals surface area contributed by atoms with Crippen LogP contribution in [0.3, 0.4) is 0 Å². The number of hydrogen-bond donors (Lipinski definition) is 1. The summed E-state index contributed by atoms with van der Waals surface area (Å²) in [5, 5.41) is 6.64. The van der Waals surface area contributed by atoms with E-state index < -0.39 is 0 Å². The zero-order valence-corrected chi connectivity index (χ0v) is 16.6. The number of fused-ring (bicyclic) bond motifs is 1. The molecule has 0 saturated heterocycles. The van der Waals surface area contributed by atoms with Crippen molar-refractivity contribution in [2.75, 3.05) is 11.1 Å². The number of thioether (sulfide) groups is 1. The number of rotatable bonds is 4. The van der Waals surface area contributed by atoms with Gasteiger partial charge in [-0.05, 0) is 19.9 Å². The third-order valence-electron chi connectivity index (χ3n) is 4.33. The lowest BCUT2D eigenvalue weighted by Crippen LogP contribution is -2.27. The van der Waals surface area contributed by atoms with Gasteiger partial charge in [0.1, 0.15) is 0 Å². The number of para-hydroxylation sites is 1. The molecule has 4 rings (SSSR count). The first-order valence-corrected chi connectivity index (χ1v) is 10.4. The highest BCUT2D eigenvalue weighted by molar-refractivity contribution is 7.99. The Morgan fingerprint density at radius 1 is 1.30 bits per heavy atom. The molecule has 0 spiro atoms. The summed E-state index contributed by atoms with van der Waals surface area (Å²) in [7, 11) is 0. The summed E-state index contributed by atoms with van der Waals surface area (Å²) in [6.07, 6.45) is 0.231. The molecule has 27 heavy (non-hydrogen) atoms. The van der Waals surface area contributed by atoms with Gasteiger partial charge < -0.3 is 5.32 Å². The zero-order valence-electron chi connectivity index (χ0n) is 14.9. The number of carbonyl (C=O) groups excluding carboxylic acids is 1. The van der Waals surface area contributed by atoms with E-state index in [0.29, 0.717) is 16.6 Å². The second-order valence-corrected chi connectivity index (χ2v) is 8.45. The van der Waals surface area contributed by atoms with Crippen LogP contribution in [-0.2, 0) is 4.79 Å². The molecule has 0 saturated carbocycles. The van der Waals surface area contributed by atoms with Crippen LogP contribution in [0.15, 0.2) is 45.7 Å². The number of carbonyl (C=O) groups is 1. The molecule has 0 unspecified atom stereocenters. The van der Waals surface area contributed by atoms with Gasteiger partial charge >= 0.3 is 0 Å². The van der Waals surface area contributed by atoms with E-state index in [2.05, 4.69) is 15.3 Å². The number of amides is 1. The van der Waals surface area contributed by atoms with Crippen LogP contribution in [0.25, 0.3) is 11.3 Å². The Morgan fingerprint density at radius 2 is 2.11 bits per heavy atom. The molecule has 1 atom stereocenters. The molecule has 0 aliphatic carbocycles.